The molecule has 3 aromatic rings. The fraction of sp³-hybridized carbons (Fsp3) is 0.133. The zero-order chi connectivity index (χ0) is 14.1. The van der Waals surface area contributed by atoms with Gasteiger partial charge in [-0.1, -0.05) is 0 Å². The van der Waals surface area contributed by atoms with Gasteiger partial charge in [0.2, 0.25) is 0 Å². The first-order chi connectivity index (χ1) is 9.63. The molecule has 0 saturated carbocycles. The van der Waals surface area contributed by atoms with Gasteiger partial charge in [0, 0.05) is 37.6 Å². The van der Waals surface area contributed by atoms with Gasteiger partial charge in [-0.2, -0.15) is 0 Å². The number of nitrogens with zero attached hydrogens (tertiary/aromatic N) is 1. The van der Waals surface area contributed by atoms with E-state index in [1.807, 2.05) is 43.3 Å². The predicted octanol–water partition coefficient (Wildman–Crippen LogP) is 3.08. The molecular weight excluding hydrogens is 254 g/mol. The van der Waals surface area contributed by atoms with Crippen molar-refractivity contribution in [3.05, 3.63) is 48.4 Å². The highest BCUT2D eigenvalue weighted by molar-refractivity contribution is 6.05. The first-order valence-corrected chi connectivity index (χ1v) is 6.28. The van der Waals surface area contributed by atoms with E-state index < -0.39 is 0 Å². The number of carbonyl (C=O) groups excluding carboxylic acids is 1. The van der Waals surface area contributed by atoms with Crippen LogP contribution in [0.4, 0.5) is 11.4 Å². The molecule has 102 valence electrons. The molecule has 0 aliphatic rings. The van der Waals surface area contributed by atoms with E-state index >= 15 is 0 Å². The number of carbonyl (C=O) groups is 1. The van der Waals surface area contributed by atoms with Gasteiger partial charge < -0.3 is 19.6 Å². The predicted molar refractivity (Wildman–Crippen MR) is 79.3 cm³/mol. The number of anilines is 2. The molecule has 0 unspecified atom stereocenters. The molecule has 0 atom stereocenters. The molecule has 0 bridgehead atoms. The smallest absolute Gasteiger partial charge is 0.272 e. The van der Waals surface area contributed by atoms with Crippen molar-refractivity contribution < 1.29 is 9.21 Å². The van der Waals surface area contributed by atoms with Crippen LogP contribution >= 0.6 is 0 Å². The number of aromatic amines is 1. The number of furan rings is 1. The molecule has 5 nitrogen and oxygen atoms in total. The van der Waals surface area contributed by atoms with Crippen LogP contribution in [0.25, 0.3) is 11.1 Å². The lowest BCUT2D eigenvalue weighted by Gasteiger charge is -2.12. The van der Waals surface area contributed by atoms with Crippen molar-refractivity contribution >= 4 is 28.4 Å². The van der Waals surface area contributed by atoms with Gasteiger partial charge in [0.25, 0.3) is 5.91 Å². The number of hydrogen-bond acceptors (Lipinski definition) is 3. The highest BCUT2D eigenvalue weighted by Gasteiger charge is 2.11. The van der Waals surface area contributed by atoms with Crippen LogP contribution in [0.15, 0.2) is 47.1 Å². The molecule has 0 saturated heterocycles. The number of nitrogens with one attached hydrogen (secondary N) is 2. The van der Waals surface area contributed by atoms with E-state index in [1.165, 1.54) is 0 Å². The van der Waals surface area contributed by atoms with Gasteiger partial charge in [-0.3, -0.25) is 4.79 Å². The van der Waals surface area contributed by atoms with E-state index in [4.69, 9.17) is 4.42 Å². The molecule has 3 rings (SSSR count). The monoisotopic (exact) mass is 269 g/mol. The van der Waals surface area contributed by atoms with Crippen LogP contribution in [0.3, 0.4) is 0 Å². The van der Waals surface area contributed by atoms with Crippen molar-refractivity contribution in [3.63, 3.8) is 0 Å². The fourth-order valence-electron chi connectivity index (χ4n) is 2.01. The number of benzene rings is 1. The molecule has 1 aromatic carbocycles. The zero-order valence-electron chi connectivity index (χ0n) is 11.3. The highest BCUT2D eigenvalue weighted by atomic mass is 16.3. The molecule has 0 fully saturated rings. The van der Waals surface area contributed by atoms with Gasteiger partial charge in [0.15, 0.2) is 5.58 Å². The maximum Gasteiger partial charge on any atom is 0.272 e. The van der Waals surface area contributed by atoms with E-state index in [-0.39, 0.29) is 5.91 Å². The summed E-state index contributed by atoms with van der Waals surface area (Å²) in [5, 5.41) is 2.84. The summed E-state index contributed by atoms with van der Waals surface area (Å²) in [4.78, 5) is 17.1. The standard InChI is InChI=1S/C15H15N3O2/c1-18(2)11-5-3-10(4-6-11)16-15(19)13-9-14-12(17-13)7-8-20-14/h3-9,17H,1-2H3,(H,16,19). The lowest BCUT2D eigenvalue weighted by atomic mass is 10.2. The quantitative estimate of drug-likeness (QED) is 0.768. The van der Waals surface area contributed by atoms with Crippen molar-refractivity contribution in [1.82, 2.24) is 4.98 Å². The maximum absolute atomic E-state index is 12.1. The molecule has 20 heavy (non-hydrogen) atoms. The van der Waals surface area contributed by atoms with Crippen molar-refractivity contribution in [2.75, 3.05) is 24.3 Å². The van der Waals surface area contributed by atoms with Crippen LogP contribution in [0.5, 0.6) is 0 Å². The summed E-state index contributed by atoms with van der Waals surface area (Å²) in [6.07, 6.45) is 1.59. The van der Waals surface area contributed by atoms with E-state index in [9.17, 15) is 4.79 Å². The number of rotatable bonds is 3. The summed E-state index contributed by atoms with van der Waals surface area (Å²) in [7, 11) is 3.95. The topological polar surface area (TPSA) is 61.3 Å². The second-order valence-corrected chi connectivity index (χ2v) is 4.78. The summed E-state index contributed by atoms with van der Waals surface area (Å²) in [5.74, 6) is -0.186. The Morgan fingerprint density at radius 3 is 2.60 bits per heavy atom. The first kappa shape index (κ1) is 12.3. The summed E-state index contributed by atoms with van der Waals surface area (Å²) in [6, 6.07) is 11.1. The van der Waals surface area contributed by atoms with Crippen LogP contribution in [-0.2, 0) is 0 Å². The van der Waals surface area contributed by atoms with Gasteiger partial charge in [0.1, 0.15) is 5.69 Å². The minimum Gasteiger partial charge on any atom is -0.463 e. The fourth-order valence-corrected chi connectivity index (χ4v) is 2.01. The van der Waals surface area contributed by atoms with E-state index in [0.717, 1.165) is 16.9 Å². The SMILES string of the molecule is CN(C)c1ccc(NC(=O)c2cc3occc3[nH]2)cc1. The third-order valence-electron chi connectivity index (χ3n) is 3.13. The molecule has 2 N–H and O–H groups in total. The molecule has 0 aliphatic heterocycles. The first-order valence-electron chi connectivity index (χ1n) is 6.28. The van der Waals surface area contributed by atoms with Crippen molar-refractivity contribution in [3.8, 4) is 0 Å². The molecule has 2 aromatic heterocycles. The van der Waals surface area contributed by atoms with Crippen LogP contribution in [0.2, 0.25) is 0 Å². The Morgan fingerprint density at radius 2 is 1.95 bits per heavy atom. The van der Waals surface area contributed by atoms with E-state index in [0.29, 0.717) is 11.3 Å². The van der Waals surface area contributed by atoms with Crippen LogP contribution in [0.1, 0.15) is 10.5 Å². The number of fused-ring (bicyclic) bond motifs is 1. The number of hydrogen-bond donors (Lipinski definition) is 2. The summed E-state index contributed by atoms with van der Waals surface area (Å²) in [5.41, 5.74) is 3.82. The largest absolute Gasteiger partial charge is 0.463 e. The Morgan fingerprint density at radius 1 is 1.20 bits per heavy atom. The molecular formula is C15H15N3O2. The average Bonchev–Trinajstić information content (AvgIpc) is 2.99. The van der Waals surface area contributed by atoms with Gasteiger partial charge >= 0.3 is 0 Å². The average molecular weight is 269 g/mol. The van der Waals surface area contributed by atoms with Crippen LogP contribution < -0.4 is 10.2 Å². The Balaban J connectivity index is 1.76. The Hall–Kier alpha value is -2.69. The molecule has 5 heteroatoms. The second kappa shape index (κ2) is 4.77. The van der Waals surface area contributed by atoms with Crippen molar-refractivity contribution in [1.29, 1.82) is 0 Å². The van der Waals surface area contributed by atoms with Gasteiger partial charge in [0.05, 0.1) is 11.8 Å². The second-order valence-electron chi connectivity index (χ2n) is 4.78. The lowest BCUT2D eigenvalue weighted by Crippen LogP contribution is -2.13. The van der Waals surface area contributed by atoms with E-state index in [2.05, 4.69) is 10.3 Å². The normalized spacial score (nSPS) is 10.7. The molecule has 0 aliphatic carbocycles. The lowest BCUT2D eigenvalue weighted by molar-refractivity contribution is 0.102. The number of aromatic nitrogens is 1. The minimum atomic E-state index is -0.186. The third-order valence-corrected chi connectivity index (χ3v) is 3.13. The highest BCUT2D eigenvalue weighted by Crippen LogP contribution is 2.19. The third kappa shape index (κ3) is 2.25. The number of H-pyrrole nitrogens is 1. The Labute approximate surface area is 116 Å². The van der Waals surface area contributed by atoms with Crippen LogP contribution in [-0.4, -0.2) is 25.0 Å². The minimum absolute atomic E-state index is 0.186. The molecule has 1 amide bonds. The summed E-state index contributed by atoms with van der Waals surface area (Å²) in [6.45, 7) is 0. The van der Waals surface area contributed by atoms with Crippen LogP contribution in [0, 0.1) is 0 Å². The van der Waals surface area contributed by atoms with Gasteiger partial charge in [-0.25, -0.2) is 0 Å². The Bertz CT molecular complexity index is 709. The van der Waals surface area contributed by atoms with Gasteiger partial charge in [-0.15, -0.1) is 0 Å². The molecule has 0 spiro atoms. The summed E-state index contributed by atoms with van der Waals surface area (Å²) < 4.78 is 5.22. The molecule has 2 heterocycles. The number of amides is 1. The molecule has 0 radical (unpaired) electrons. The maximum atomic E-state index is 12.1. The summed E-state index contributed by atoms with van der Waals surface area (Å²) >= 11 is 0. The zero-order valence-corrected chi connectivity index (χ0v) is 11.3. The van der Waals surface area contributed by atoms with Crippen molar-refractivity contribution in [2.24, 2.45) is 0 Å². The van der Waals surface area contributed by atoms with Crippen molar-refractivity contribution in [2.45, 2.75) is 0 Å². The van der Waals surface area contributed by atoms with Gasteiger partial charge in [-0.05, 0) is 24.3 Å². The Kier molecular flexibility index (Phi) is 2.95. The van der Waals surface area contributed by atoms with E-state index in [1.54, 1.807) is 18.4 Å².